The number of H-pyrrole nitrogens is 1. The van der Waals surface area contributed by atoms with Crippen LogP contribution >= 0.6 is 11.6 Å². The first kappa shape index (κ1) is 19.9. The predicted octanol–water partition coefficient (Wildman–Crippen LogP) is 3.44. The van der Waals surface area contributed by atoms with E-state index in [-0.39, 0.29) is 11.7 Å². The minimum Gasteiger partial charge on any atom is -0.356 e. The Morgan fingerprint density at radius 2 is 1.97 bits per heavy atom. The van der Waals surface area contributed by atoms with Crippen LogP contribution in [0.25, 0.3) is 11.0 Å². The number of halogens is 1. The summed E-state index contributed by atoms with van der Waals surface area (Å²) in [7, 11) is -1.38. The standard InChI is InChI=1S/C19H23ClN6O2S/c1-26(19-16-8-9-21-18(16)23-12-24-19)15-5-2-13(3-6-15)11-29(27,28)25-14-4-7-17(20)22-10-14/h4,7-10,12-13,15,25H,2-3,5-6,11H2,1H3,(H,21,23,24). The molecule has 0 bridgehead atoms. The fraction of sp³-hybridized carbons (Fsp3) is 0.421. The third-order valence-electron chi connectivity index (χ3n) is 5.49. The summed E-state index contributed by atoms with van der Waals surface area (Å²) in [5.74, 6) is 1.15. The number of hydrogen-bond acceptors (Lipinski definition) is 6. The van der Waals surface area contributed by atoms with Crippen molar-refractivity contribution in [2.45, 2.75) is 31.7 Å². The van der Waals surface area contributed by atoms with Crippen LogP contribution in [-0.4, -0.2) is 47.2 Å². The molecule has 3 heterocycles. The van der Waals surface area contributed by atoms with Crippen molar-refractivity contribution in [3.05, 3.63) is 42.1 Å². The summed E-state index contributed by atoms with van der Waals surface area (Å²) < 4.78 is 27.6. The van der Waals surface area contributed by atoms with E-state index in [0.717, 1.165) is 42.5 Å². The number of aromatic nitrogens is 4. The van der Waals surface area contributed by atoms with E-state index in [1.165, 1.54) is 6.20 Å². The highest BCUT2D eigenvalue weighted by atomic mass is 35.5. The Kier molecular flexibility index (Phi) is 5.60. The molecule has 2 N–H and O–H groups in total. The molecule has 0 unspecified atom stereocenters. The Bertz CT molecular complexity index is 1080. The van der Waals surface area contributed by atoms with Crippen molar-refractivity contribution >= 4 is 44.2 Å². The molecule has 0 aromatic carbocycles. The topological polar surface area (TPSA) is 104 Å². The molecule has 29 heavy (non-hydrogen) atoms. The smallest absolute Gasteiger partial charge is 0.233 e. The lowest BCUT2D eigenvalue weighted by Crippen LogP contribution is -2.37. The number of aromatic amines is 1. The van der Waals surface area contributed by atoms with Gasteiger partial charge in [0, 0.05) is 19.3 Å². The van der Waals surface area contributed by atoms with Gasteiger partial charge in [-0.1, -0.05) is 11.6 Å². The summed E-state index contributed by atoms with van der Waals surface area (Å²) in [6, 6.07) is 5.49. The molecule has 1 saturated carbocycles. The van der Waals surface area contributed by atoms with E-state index < -0.39 is 10.0 Å². The van der Waals surface area contributed by atoms with Gasteiger partial charge in [-0.05, 0) is 49.8 Å². The Labute approximate surface area is 174 Å². The predicted molar refractivity (Wildman–Crippen MR) is 115 cm³/mol. The van der Waals surface area contributed by atoms with Gasteiger partial charge in [0.15, 0.2) is 0 Å². The quantitative estimate of drug-likeness (QED) is 0.576. The van der Waals surface area contributed by atoms with E-state index in [0.29, 0.717) is 16.9 Å². The van der Waals surface area contributed by atoms with Crippen molar-refractivity contribution in [1.29, 1.82) is 0 Å². The highest BCUT2D eigenvalue weighted by Gasteiger charge is 2.28. The van der Waals surface area contributed by atoms with Crippen LogP contribution in [0.4, 0.5) is 11.5 Å². The van der Waals surface area contributed by atoms with Crippen LogP contribution in [0.2, 0.25) is 5.15 Å². The van der Waals surface area contributed by atoms with Crippen LogP contribution in [0, 0.1) is 5.92 Å². The number of hydrogen-bond donors (Lipinski definition) is 2. The third-order valence-corrected chi connectivity index (χ3v) is 7.17. The molecule has 0 aliphatic heterocycles. The maximum Gasteiger partial charge on any atom is 0.233 e. The van der Waals surface area contributed by atoms with Gasteiger partial charge < -0.3 is 9.88 Å². The first-order valence-electron chi connectivity index (χ1n) is 9.54. The van der Waals surface area contributed by atoms with E-state index in [1.54, 1.807) is 18.5 Å². The normalized spacial score (nSPS) is 19.9. The summed E-state index contributed by atoms with van der Waals surface area (Å²) in [5.41, 5.74) is 1.26. The molecule has 1 aliphatic rings. The molecular weight excluding hydrogens is 412 g/mol. The average Bonchev–Trinajstić information content (AvgIpc) is 3.18. The summed E-state index contributed by atoms with van der Waals surface area (Å²) in [6.45, 7) is 0. The lowest BCUT2D eigenvalue weighted by Gasteiger charge is -2.35. The summed E-state index contributed by atoms with van der Waals surface area (Å²) >= 11 is 5.75. The fourth-order valence-electron chi connectivity index (χ4n) is 3.98. The molecule has 4 rings (SSSR count). The minimum absolute atomic E-state index is 0.113. The second kappa shape index (κ2) is 8.16. The van der Waals surface area contributed by atoms with Crippen LogP contribution in [0.15, 0.2) is 36.9 Å². The monoisotopic (exact) mass is 434 g/mol. The number of pyridine rings is 1. The SMILES string of the molecule is CN(c1ncnc2[nH]ccc12)C1CCC(CS(=O)(=O)Nc2ccc(Cl)nc2)CC1. The molecular formula is C19H23ClN6O2S. The van der Waals surface area contributed by atoms with E-state index in [4.69, 9.17) is 11.6 Å². The van der Waals surface area contributed by atoms with Crippen molar-refractivity contribution in [2.24, 2.45) is 5.92 Å². The third kappa shape index (κ3) is 4.62. The van der Waals surface area contributed by atoms with Crippen LogP contribution < -0.4 is 9.62 Å². The summed E-state index contributed by atoms with van der Waals surface area (Å²) in [4.78, 5) is 17.9. The molecule has 0 atom stereocenters. The zero-order chi connectivity index (χ0) is 20.4. The molecule has 3 aromatic rings. The molecule has 0 spiro atoms. The van der Waals surface area contributed by atoms with E-state index in [2.05, 4.69) is 29.6 Å². The van der Waals surface area contributed by atoms with Gasteiger partial charge in [-0.25, -0.2) is 23.4 Å². The molecule has 1 aliphatic carbocycles. The fourth-order valence-corrected chi connectivity index (χ4v) is 5.61. The van der Waals surface area contributed by atoms with Gasteiger partial charge in [-0.2, -0.15) is 0 Å². The van der Waals surface area contributed by atoms with Crippen LogP contribution in [0.5, 0.6) is 0 Å². The first-order chi connectivity index (χ1) is 13.9. The average molecular weight is 435 g/mol. The van der Waals surface area contributed by atoms with Gasteiger partial charge in [0.25, 0.3) is 0 Å². The van der Waals surface area contributed by atoms with Crippen molar-refractivity contribution < 1.29 is 8.42 Å². The van der Waals surface area contributed by atoms with Gasteiger partial charge in [-0.3, -0.25) is 4.72 Å². The number of anilines is 2. The van der Waals surface area contributed by atoms with Crippen molar-refractivity contribution in [3.63, 3.8) is 0 Å². The van der Waals surface area contributed by atoms with Gasteiger partial charge in [-0.15, -0.1) is 0 Å². The van der Waals surface area contributed by atoms with Gasteiger partial charge in [0.2, 0.25) is 10.0 Å². The zero-order valence-electron chi connectivity index (χ0n) is 16.0. The largest absolute Gasteiger partial charge is 0.356 e. The number of fused-ring (bicyclic) bond motifs is 1. The number of nitrogens with zero attached hydrogens (tertiary/aromatic N) is 4. The maximum atomic E-state index is 12.5. The van der Waals surface area contributed by atoms with E-state index in [1.807, 2.05) is 19.3 Å². The molecule has 0 saturated heterocycles. The second-order valence-electron chi connectivity index (χ2n) is 7.48. The Morgan fingerprint density at radius 3 is 2.69 bits per heavy atom. The highest BCUT2D eigenvalue weighted by Crippen LogP contribution is 2.32. The lowest BCUT2D eigenvalue weighted by atomic mass is 9.86. The maximum absolute atomic E-state index is 12.5. The minimum atomic E-state index is -3.43. The van der Waals surface area contributed by atoms with E-state index >= 15 is 0 Å². The van der Waals surface area contributed by atoms with Crippen LogP contribution in [-0.2, 0) is 10.0 Å². The molecule has 154 valence electrons. The lowest BCUT2D eigenvalue weighted by molar-refractivity contribution is 0.341. The second-order valence-corrected chi connectivity index (χ2v) is 9.63. The first-order valence-corrected chi connectivity index (χ1v) is 11.6. The number of sulfonamides is 1. The summed E-state index contributed by atoms with van der Waals surface area (Å²) in [5, 5.41) is 1.33. The summed E-state index contributed by atoms with van der Waals surface area (Å²) in [6.07, 6.45) is 8.42. The Hall–Kier alpha value is -2.39. The number of rotatable bonds is 6. The molecule has 10 heteroatoms. The Morgan fingerprint density at radius 1 is 1.17 bits per heavy atom. The van der Waals surface area contributed by atoms with Crippen molar-refractivity contribution in [3.8, 4) is 0 Å². The van der Waals surface area contributed by atoms with Crippen LogP contribution in [0.3, 0.4) is 0 Å². The molecule has 0 amide bonds. The number of nitrogens with one attached hydrogen (secondary N) is 2. The molecule has 0 radical (unpaired) electrons. The van der Waals surface area contributed by atoms with Crippen molar-refractivity contribution in [1.82, 2.24) is 19.9 Å². The molecule has 3 aromatic heterocycles. The zero-order valence-corrected chi connectivity index (χ0v) is 17.6. The Balaban J connectivity index is 1.35. The molecule has 8 nitrogen and oxygen atoms in total. The highest BCUT2D eigenvalue weighted by molar-refractivity contribution is 7.92. The van der Waals surface area contributed by atoms with Crippen LogP contribution in [0.1, 0.15) is 25.7 Å². The van der Waals surface area contributed by atoms with Crippen molar-refractivity contribution in [2.75, 3.05) is 22.4 Å². The van der Waals surface area contributed by atoms with Gasteiger partial charge >= 0.3 is 0 Å². The van der Waals surface area contributed by atoms with Gasteiger partial charge in [0.05, 0.1) is 23.0 Å². The molecule has 1 fully saturated rings. The van der Waals surface area contributed by atoms with E-state index in [9.17, 15) is 8.42 Å². The van der Waals surface area contributed by atoms with Gasteiger partial charge in [0.1, 0.15) is 22.9 Å².